The number of Topliss-reactive ketones (excluding diaryl/α,β-unsaturated/α-hetero) is 1. The predicted molar refractivity (Wildman–Crippen MR) is 65.6 cm³/mol. The Bertz CT molecular complexity index is 701. The molecule has 0 aliphatic heterocycles. The number of methoxy groups -OCH3 is 1. The van der Waals surface area contributed by atoms with Crippen LogP contribution in [0, 0.1) is 0 Å². The van der Waals surface area contributed by atoms with E-state index in [1.54, 1.807) is 24.5 Å². The third-order valence-corrected chi connectivity index (χ3v) is 2.82. The second-order valence-electron chi connectivity index (χ2n) is 3.95. The molecule has 0 saturated heterocycles. The summed E-state index contributed by atoms with van der Waals surface area (Å²) in [4.78, 5) is 34.8. The minimum absolute atomic E-state index is 0.0161. The van der Waals surface area contributed by atoms with Crippen LogP contribution in [0.4, 0.5) is 0 Å². The van der Waals surface area contributed by atoms with Crippen LogP contribution in [0.25, 0.3) is 11.4 Å². The molecule has 0 fully saturated rings. The molecular formula is C13H9N3O3. The van der Waals surface area contributed by atoms with E-state index >= 15 is 0 Å². The number of imidazole rings is 1. The third kappa shape index (κ3) is 1.74. The maximum absolute atomic E-state index is 12.0. The molecule has 0 bridgehead atoms. The van der Waals surface area contributed by atoms with Gasteiger partial charge in [0.05, 0.1) is 7.11 Å². The Morgan fingerprint density at radius 1 is 1.21 bits per heavy atom. The molecule has 1 aliphatic carbocycles. The molecule has 3 rings (SSSR count). The lowest BCUT2D eigenvalue weighted by Crippen LogP contribution is -2.17. The summed E-state index contributed by atoms with van der Waals surface area (Å²) in [6.07, 6.45) is 4.38. The van der Waals surface area contributed by atoms with Crippen molar-refractivity contribution in [2.24, 2.45) is 0 Å². The number of ether oxygens (including phenoxy) is 1. The summed E-state index contributed by atoms with van der Waals surface area (Å²) >= 11 is 0. The van der Waals surface area contributed by atoms with Gasteiger partial charge < -0.3 is 9.72 Å². The topological polar surface area (TPSA) is 84.9 Å². The van der Waals surface area contributed by atoms with Gasteiger partial charge in [-0.3, -0.25) is 14.6 Å². The van der Waals surface area contributed by atoms with Crippen LogP contribution in [0.5, 0.6) is 0 Å². The summed E-state index contributed by atoms with van der Waals surface area (Å²) < 4.78 is 4.88. The Labute approximate surface area is 108 Å². The number of nitrogens with one attached hydrogen (secondary N) is 1. The fourth-order valence-corrected chi connectivity index (χ4v) is 1.89. The molecule has 1 aliphatic rings. The molecule has 0 spiro atoms. The fraction of sp³-hybridized carbons (Fsp3) is 0.0769. The van der Waals surface area contributed by atoms with E-state index in [-0.39, 0.29) is 28.7 Å². The number of aromatic amines is 1. The lowest BCUT2D eigenvalue weighted by Gasteiger charge is -2.08. The lowest BCUT2D eigenvalue weighted by molar-refractivity contribution is 0.0911. The van der Waals surface area contributed by atoms with E-state index in [2.05, 4.69) is 15.0 Å². The molecule has 0 amide bonds. The van der Waals surface area contributed by atoms with Crippen molar-refractivity contribution in [2.45, 2.75) is 0 Å². The maximum Gasteiger partial charge on any atom is 0.246 e. The number of pyridine rings is 1. The van der Waals surface area contributed by atoms with E-state index in [9.17, 15) is 9.59 Å². The molecule has 2 aromatic rings. The van der Waals surface area contributed by atoms with Crippen LogP contribution in [-0.2, 0) is 4.74 Å². The quantitative estimate of drug-likeness (QED) is 0.876. The van der Waals surface area contributed by atoms with E-state index in [4.69, 9.17) is 4.74 Å². The number of H-pyrrole nitrogens is 1. The molecule has 0 unspecified atom stereocenters. The largest absolute Gasteiger partial charge is 0.492 e. The van der Waals surface area contributed by atoms with Gasteiger partial charge >= 0.3 is 0 Å². The summed E-state index contributed by atoms with van der Waals surface area (Å²) in [5.74, 6) is -0.241. The number of hydrogen-bond acceptors (Lipinski definition) is 5. The van der Waals surface area contributed by atoms with Crippen LogP contribution in [0.15, 0.2) is 36.4 Å². The summed E-state index contributed by atoms with van der Waals surface area (Å²) in [6.45, 7) is 0. The van der Waals surface area contributed by atoms with Crippen molar-refractivity contribution in [1.29, 1.82) is 0 Å². The Hall–Kier alpha value is -2.76. The molecule has 0 atom stereocenters. The van der Waals surface area contributed by atoms with Gasteiger partial charge in [-0.25, -0.2) is 4.98 Å². The van der Waals surface area contributed by atoms with Crippen molar-refractivity contribution < 1.29 is 14.3 Å². The number of carbonyl (C=O) groups excluding carboxylic acids is 2. The standard InChI is InChI=1S/C13H9N3O3/c1-19-9-6-8(17)10-11(12(9)18)16-13(15-10)7-2-4-14-5-3-7/h2-6H,1H3,(H,15,16). The predicted octanol–water partition coefficient (Wildman–Crippen LogP) is 1.38. The molecular weight excluding hydrogens is 246 g/mol. The zero-order chi connectivity index (χ0) is 13.4. The first-order chi connectivity index (χ1) is 9.20. The summed E-state index contributed by atoms with van der Waals surface area (Å²) in [7, 11) is 1.35. The number of fused-ring (bicyclic) bond motifs is 1. The highest BCUT2D eigenvalue weighted by molar-refractivity contribution is 6.22. The van der Waals surface area contributed by atoms with Crippen LogP contribution in [0.3, 0.4) is 0 Å². The zero-order valence-corrected chi connectivity index (χ0v) is 10.0. The van der Waals surface area contributed by atoms with Gasteiger partial charge in [0.25, 0.3) is 0 Å². The number of rotatable bonds is 2. The van der Waals surface area contributed by atoms with Crippen LogP contribution < -0.4 is 0 Å². The number of hydrogen-bond donors (Lipinski definition) is 1. The second-order valence-corrected chi connectivity index (χ2v) is 3.95. The Morgan fingerprint density at radius 2 is 1.95 bits per heavy atom. The van der Waals surface area contributed by atoms with Crippen molar-refractivity contribution in [2.75, 3.05) is 7.11 Å². The molecule has 0 aromatic carbocycles. The van der Waals surface area contributed by atoms with Crippen LogP contribution in [0.2, 0.25) is 0 Å². The van der Waals surface area contributed by atoms with Crippen LogP contribution in [-0.4, -0.2) is 33.6 Å². The molecule has 2 aromatic heterocycles. The molecule has 6 nitrogen and oxygen atoms in total. The molecule has 19 heavy (non-hydrogen) atoms. The van der Waals surface area contributed by atoms with E-state index in [1.165, 1.54) is 7.11 Å². The van der Waals surface area contributed by atoms with Crippen LogP contribution >= 0.6 is 0 Å². The lowest BCUT2D eigenvalue weighted by atomic mass is 10.0. The average Bonchev–Trinajstić information content (AvgIpc) is 2.90. The highest BCUT2D eigenvalue weighted by Crippen LogP contribution is 2.23. The fourth-order valence-electron chi connectivity index (χ4n) is 1.89. The van der Waals surface area contributed by atoms with Crippen molar-refractivity contribution in [3.63, 3.8) is 0 Å². The molecule has 6 heteroatoms. The number of aromatic nitrogens is 3. The van der Waals surface area contributed by atoms with Gasteiger partial charge in [0.2, 0.25) is 11.6 Å². The summed E-state index contributed by atoms with van der Waals surface area (Å²) in [6, 6.07) is 3.48. The SMILES string of the molecule is COC1=CC(=O)c2nc(-c3ccncc3)[nH]c2C1=O. The van der Waals surface area contributed by atoms with E-state index < -0.39 is 0 Å². The Kier molecular flexibility index (Phi) is 2.49. The van der Waals surface area contributed by atoms with Gasteiger partial charge in [-0.15, -0.1) is 0 Å². The van der Waals surface area contributed by atoms with E-state index in [1.807, 2.05) is 0 Å². The number of allylic oxidation sites excluding steroid dienone is 2. The first-order valence-electron chi connectivity index (χ1n) is 5.56. The number of carbonyl (C=O) groups is 2. The monoisotopic (exact) mass is 255 g/mol. The number of ketones is 2. The van der Waals surface area contributed by atoms with Gasteiger partial charge in [-0.2, -0.15) is 0 Å². The summed E-state index contributed by atoms with van der Waals surface area (Å²) in [5.41, 5.74) is 1.04. The average molecular weight is 255 g/mol. The molecule has 94 valence electrons. The van der Waals surface area contributed by atoms with Gasteiger partial charge in [-0.05, 0) is 12.1 Å². The van der Waals surface area contributed by atoms with E-state index in [0.29, 0.717) is 5.82 Å². The normalized spacial score (nSPS) is 14.1. The maximum atomic E-state index is 12.0. The first-order valence-corrected chi connectivity index (χ1v) is 5.56. The Morgan fingerprint density at radius 3 is 2.63 bits per heavy atom. The van der Waals surface area contributed by atoms with Crippen molar-refractivity contribution in [3.8, 4) is 11.4 Å². The van der Waals surface area contributed by atoms with Crippen molar-refractivity contribution in [3.05, 3.63) is 47.7 Å². The van der Waals surface area contributed by atoms with Gasteiger partial charge in [0.1, 0.15) is 17.2 Å². The van der Waals surface area contributed by atoms with Gasteiger partial charge in [0, 0.05) is 24.0 Å². The smallest absolute Gasteiger partial charge is 0.246 e. The molecule has 0 saturated carbocycles. The molecule has 1 N–H and O–H groups in total. The molecule has 0 radical (unpaired) electrons. The van der Waals surface area contributed by atoms with Gasteiger partial charge in [-0.1, -0.05) is 0 Å². The number of nitrogens with zero attached hydrogens (tertiary/aromatic N) is 2. The van der Waals surface area contributed by atoms with E-state index in [0.717, 1.165) is 11.6 Å². The summed E-state index contributed by atoms with van der Waals surface area (Å²) in [5, 5.41) is 0. The highest BCUT2D eigenvalue weighted by atomic mass is 16.5. The van der Waals surface area contributed by atoms with Crippen molar-refractivity contribution in [1.82, 2.24) is 15.0 Å². The Balaban J connectivity index is 2.11. The zero-order valence-electron chi connectivity index (χ0n) is 10.0. The van der Waals surface area contributed by atoms with Gasteiger partial charge in [0.15, 0.2) is 5.76 Å². The second kappa shape index (κ2) is 4.16. The minimum atomic E-state index is -0.370. The first kappa shape index (κ1) is 11.3. The molecule has 2 heterocycles. The minimum Gasteiger partial charge on any atom is -0.492 e. The third-order valence-electron chi connectivity index (χ3n) is 2.82. The highest BCUT2D eigenvalue weighted by Gasteiger charge is 2.30. The van der Waals surface area contributed by atoms with Crippen LogP contribution in [0.1, 0.15) is 21.0 Å². The van der Waals surface area contributed by atoms with Crippen molar-refractivity contribution >= 4 is 11.6 Å².